The molecule has 3 rings (SSSR count). The van der Waals surface area contributed by atoms with Crippen molar-refractivity contribution in [3.63, 3.8) is 0 Å². The Morgan fingerprint density at radius 2 is 1.76 bits per heavy atom. The van der Waals surface area contributed by atoms with Crippen molar-refractivity contribution in [2.75, 3.05) is 7.11 Å². The summed E-state index contributed by atoms with van der Waals surface area (Å²) in [7, 11) is 1.66. The van der Waals surface area contributed by atoms with Crippen molar-refractivity contribution in [3.8, 4) is 5.75 Å². The summed E-state index contributed by atoms with van der Waals surface area (Å²) in [5.74, 6) is 0.763. The van der Waals surface area contributed by atoms with Gasteiger partial charge >= 0.3 is 0 Å². The summed E-state index contributed by atoms with van der Waals surface area (Å²) < 4.78 is 7.34. The fourth-order valence-electron chi connectivity index (χ4n) is 2.36. The quantitative estimate of drug-likeness (QED) is 0.584. The van der Waals surface area contributed by atoms with Gasteiger partial charge in [-0.2, -0.15) is 0 Å². The second-order valence-corrected chi connectivity index (χ2v) is 6.48. The minimum absolute atomic E-state index is 0.763. The molecule has 0 unspecified atom stereocenters. The van der Waals surface area contributed by atoms with E-state index in [-0.39, 0.29) is 0 Å². The monoisotopic (exact) mass is 405 g/mol. The molecule has 2 aromatic carbocycles. The summed E-state index contributed by atoms with van der Waals surface area (Å²) in [6.45, 7) is 0. The number of aromatic nitrogens is 1. The van der Waals surface area contributed by atoms with Crippen LogP contribution in [0.2, 0.25) is 0 Å². The zero-order valence-electron chi connectivity index (χ0n) is 11.4. The molecule has 0 aliphatic rings. The molecule has 0 amide bonds. The number of halogens is 2. The van der Waals surface area contributed by atoms with Crippen LogP contribution < -0.4 is 4.74 Å². The molecule has 0 bridgehead atoms. The van der Waals surface area contributed by atoms with Crippen LogP contribution in [0.4, 0.5) is 0 Å². The Morgan fingerprint density at radius 3 is 2.48 bits per heavy atom. The molecular weight excluding hydrogens is 394 g/mol. The third-order valence-corrected chi connectivity index (χ3v) is 4.59. The molecule has 21 heavy (non-hydrogen) atoms. The van der Waals surface area contributed by atoms with Gasteiger partial charge in [0.15, 0.2) is 5.75 Å². The highest BCUT2D eigenvalue weighted by Gasteiger charge is 2.12. The van der Waals surface area contributed by atoms with E-state index in [0.717, 1.165) is 32.0 Å². The lowest BCUT2D eigenvalue weighted by Crippen LogP contribution is -1.94. The van der Waals surface area contributed by atoms with Gasteiger partial charge in [-0.25, -0.2) is 0 Å². The molecule has 0 radical (unpaired) electrons. The first kappa shape index (κ1) is 14.5. The number of benzene rings is 2. The predicted molar refractivity (Wildman–Crippen MR) is 92.9 cm³/mol. The normalized spacial score (nSPS) is 10.8. The summed E-state index contributed by atoms with van der Waals surface area (Å²) in [4.78, 5) is 4.58. The van der Waals surface area contributed by atoms with E-state index in [0.29, 0.717) is 0 Å². The van der Waals surface area contributed by atoms with Crippen molar-refractivity contribution in [1.29, 1.82) is 0 Å². The Hall–Kier alpha value is -1.39. The smallest absolute Gasteiger partial charge is 0.159 e. The average Bonchev–Trinajstić information content (AvgIpc) is 2.49. The van der Waals surface area contributed by atoms with Crippen LogP contribution >= 0.6 is 31.9 Å². The first-order valence-corrected chi connectivity index (χ1v) is 8.12. The number of hydrogen-bond donors (Lipinski definition) is 0. The van der Waals surface area contributed by atoms with Crippen LogP contribution in [-0.4, -0.2) is 12.1 Å². The minimum Gasteiger partial charge on any atom is -0.493 e. The van der Waals surface area contributed by atoms with Crippen LogP contribution in [0, 0.1) is 0 Å². The highest BCUT2D eigenvalue weighted by molar-refractivity contribution is 9.11. The molecule has 0 aliphatic carbocycles. The van der Waals surface area contributed by atoms with Gasteiger partial charge in [0.25, 0.3) is 0 Å². The lowest BCUT2D eigenvalue weighted by molar-refractivity contribution is 0.416. The van der Waals surface area contributed by atoms with Gasteiger partial charge in [0.2, 0.25) is 0 Å². The van der Waals surface area contributed by atoms with Crippen molar-refractivity contribution >= 4 is 42.8 Å². The van der Waals surface area contributed by atoms with Gasteiger partial charge < -0.3 is 4.74 Å². The maximum absolute atomic E-state index is 5.44. The molecule has 0 saturated heterocycles. The third kappa shape index (κ3) is 2.97. The van der Waals surface area contributed by atoms with Crippen molar-refractivity contribution < 1.29 is 4.74 Å². The van der Waals surface area contributed by atoms with Crippen molar-refractivity contribution in [1.82, 2.24) is 4.98 Å². The molecule has 0 aliphatic heterocycles. The van der Waals surface area contributed by atoms with E-state index in [9.17, 15) is 0 Å². The van der Waals surface area contributed by atoms with Gasteiger partial charge in [0.05, 0.1) is 11.6 Å². The number of rotatable bonds is 3. The number of hydrogen-bond acceptors (Lipinski definition) is 2. The zero-order chi connectivity index (χ0) is 14.8. The fourth-order valence-corrected chi connectivity index (χ4v) is 3.78. The number of ether oxygens (including phenoxy) is 1. The largest absolute Gasteiger partial charge is 0.493 e. The number of methoxy groups -OCH3 is 1. The third-order valence-electron chi connectivity index (χ3n) is 3.34. The molecule has 0 fully saturated rings. The van der Waals surface area contributed by atoms with Crippen LogP contribution in [0.5, 0.6) is 5.75 Å². The summed E-state index contributed by atoms with van der Waals surface area (Å²) in [5, 5.41) is 1.06. The Morgan fingerprint density at radius 1 is 1.00 bits per heavy atom. The van der Waals surface area contributed by atoms with Crippen molar-refractivity contribution in [3.05, 3.63) is 68.7 Å². The van der Waals surface area contributed by atoms with Crippen LogP contribution in [-0.2, 0) is 6.42 Å². The zero-order valence-corrected chi connectivity index (χ0v) is 14.6. The molecule has 3 aromatic rings. The molecule has 0 atom stereocenters. The highest BCUT2D eigenvalue weighted by atomic mass is 79.9. The number of fused-ring (bicyclic) bond motifs is 1. The van der Waals surface area contributed by atoms with Gasteiger partial charge in [0.1, 0.15) is 5.52 Å². The van der Waals surface area contributed by atoms with Gasteiger partial charge in [-0.3, -0.25) is 4.98 Å². The van der Waals surface area contributed by atoms with E-state index in [2.05, 4.69) is 67.2 Å². The summed E-state index contributed by atoms with van der Waals surface area (Å²) in [6.07, 6.45) is 2.78. The molecule has 0 saturated carbocycles. The number of pyridine rings is 1. The lowest BCUT2D eigenvalue weighted by Gasteiger charge is -2.10. The van der Waals surface area contributed by atoms with E-state index < -0.39 is 0 Å². The highest BCUT2D eigenvalue weighted by Crippen LogP contribution is 2.37. The summed E-state index contributed by atoms with van der Waals surface area (Å²) >= 11 is 7.11. The predicted octanol–water partition coefficient (Wildman–Crippen LogP) is 5.36. The Bertz CT molecular complexity index is 788. The van der Waals surface area contributed by atoms with Crippen LogP contribution in [0.25, 0.3) is 10.9 Å². The van der Waals surface area contributed by atoms with Gasteiger partial charge in [0, 0.05) is 16.1 Å². The lowest BCUT2D eigenvalue weighted by atomic mass is 10.0. The Balaban J connectivity index is 2.08. The molecule has 106 valence electrons. The molecule has 2 nitrogen and oxygen atoms in total. The first-order chi connectivity index (χ1) is 10.2. The molecule has 0 spiro atoms. The first-order valence-electron chi connectivity index (χ1n) is 6.53. The van der Waals surface area contributed by atoms with Crippen LogP contribution in [0.3, 0.4) is 0 Å². The standard InChI is InChI=1S/C17H13Br2NO/c1-21-17-15(19)9-14(18)13-8-12(10-20-16(13)17)7-11-5-3-2-4-6-11/h2-6,8-10H,7H2,1H3. The SMILES string of the molecule is COc1c(Br)cc(Br)c2cc(Cc3ccccc3)cnc12. The summed E-state index contributed by atoms with van der Waals surface area (Å²) in [5.41, 5.74) is 3.31. The molecule has 1 heterocycles. The van der Waals surface area contributed by atoms with Gasteiger partial charge in [-0.15, -0.1) is 0 Å². The molecule has 0 N–H and O–H groups in total. The van der Waals surface area contributed by atoms with Gasteiger partial charge in [-0.1, -0.05) is 46.3 Å². The topological polar surface area (TPSA) is 22.1 Å². The average molecular weight is 407 g/mol. The molecule has 1 aromatic heterocycles. The van der Waals surface area contributed by atoms with Gasteiger partial charge in [-0.05, 0) is 45.6 Å². The van der Waals surface area contributed by atoms with Crippen LogP contribution in [0.15, 0.2) is 57.6 Å². The van der Waals surface area contributed by atoms with E-state index in [1.807, 2.05) is 18.3 Å². The van der Waals surface area contributed by atoms with Crippen molar-refractivity contribution in [2.24, 2.45) is 0 Å². The second kappa shape index (κ2) is 6.16. The molecular formula is C17H13Br2NO. The minimum atomic E-state index is 0.763. The van der Waals surface area contributed by atoms with E-state index >= 15 is 0 Å². The van der Waals surface area contributed by atoms with Crippen LogP contribution in [0.1, 0.15) is 11.1 Å². The fraction of sp³-hybridized carbons (Fsp3) is 0.118. The van der Waals surface area contributed by atoms with Crippen molar-refractivity contribution in [2.45, 2.75) is 6.42 Å². The van der Waals surface area contributed by atoms with E-state index in [1.165, 1.54) is 11.1 Å². The number of nitrogens with zero attached hydrogens (tertiary/aromatic N) is 1. The van der Waals surface area contributed by atoms with E-state index in [1.54, 1.807) is 7.11 Å². The van der Waals surface area contributed by atoms with E-state index in [4.69, 9.17) is 4.74 Å². The Labute approximate surface area is 140 Å². The maximum Gasteiger partial charge on any atom is 0.159 e. The maximum atomic E-state index is 5.44. The molecule has 4 heteroatoms. The summed E-state index contributed by atoms with van der Waals surface area (Å²) in [6, 6.07) is 14.5. The Kier molecular flexibility index (Phi) is 4.27. The second-order valence-electron chi connectivity index (χ2n) is 4.78.